The molecule has 3 N–H and O–H groups in total. The van der Waals surface area contributed by atoms with Crippen LogP contribution in [0.3, 0.4) is 0 Å². The van der Waals surface area contributed by atoms with Gasteiger partial charge in [0.1, 0.15) is 0 Å². The van der Waals surface area contributed by atoms with Crippen molar-refractivity contribution in [2.75, 3.05) is 11.9 Å². The van der Waals surface area contributed by atoms with Crippen LogP contribution in [0.2, 0.25) is 0 Å². The fourth-order valence-corrected chi connectivity index (χ4v) is 3.61. The quantitative estimate of drug-likeness (QED) is 0.747. The number of nitrogens with one attached hydrogen (secondary N) is 1. The Hall–Kier alpha value is -1.23. The van der Waals surface area contributed by atoms with E-state index in [1.165, 1.54) is 0 Å². The summed E-state index contributed by atoms with van der Waals surface area (Å²) in [6.45, 7) is 5.05. The zero-order valence-corrected chi connectivity index (χ0v) is 14.2. The van der Waals surface area contributed by atoms with Crippen LogP contribution in [0.15, 0.2) is 18.2 Å². The fourth-order valence-electron chi connectivity index (χ4n) is 2.46. The van der Waals surface area contributed by atoms with Crippen molar-refractivity contribution in [1.29, 1.82) is 0 Å². The minimum absolute atomic E-state index is 0.0423. The molecule has 1 atom stereocenters. The Morgan fingerprint density at radius 2 is 2.14 bits per heavy atom. The Bertz CT molecular complexity index is 596. The molecule has 21 heavy (non-hydrogen) atoms. The molecule has 1 unspecified atom stereocenters. The molecule has 0 aliphatic heterocycles. The SMILES string of the molecule is CC(C)C(CCN)CCC(=O)Nc1cccc2n[se]nc12. The van der Waals surface area contributed by atoms with Gasteiger partial charge in [-0.2, -0.15) is 0 Å². The zero-order chi connectivity index (χ0) is 15.2. The van der Waals surface area contributed by atoms with E-state index in [0.29, 0.717) is 24.8 Å². The average Bonchev–Trinajstić information content (AvgIpc) is 2.92. The number of anilines is 1. The first-order valence-corrected chi connectivity index (χ1v) is 8.86. The van der Waals surface area contributed by atoms with Gasteiger partial charge < -0.3 is 0 Å². The molecule has 0 radical (unpaired) electrons. The molecule has 114 valence electrons. The van der Waals surface area contributed by atoms with Gasteiger partial charge in [-0.15, -0.1) is 0 Å². The second-order valence-corrected chi connectivity index (χ2v) is 6.71. The van der Waals surface area contributed by atoms with Crippen LogP contribution >= 0.6 is 0 Å². The van der Waals surface area contributed by atoms with E-state index in [-0.39, 0.29) is 20.9 Å². The summed E-state index contributed by atoms with van der Waals surface area (Å²) in [6.07, 6.45) is 2.37. The molecular formula is C15H22N4OSe. The van der Waals surface area contributed by atoms with Gasteiger partial charge in [-0.25, -0.2) is 0 Å². The Balaban J connectivity index is 1.94. The number of carbonyl (C=O) groups is 1. The van der Waals surface area contributed by atoms with Gasteiger partial charge in [0, 0.05) is 0 Å². The van der Waals surface area contributed by atoms with Gasteiger partial charge in [-0.1, -0.05) is 0 Å². The Kier molecular flexibility index (Phi) is 5.91. The van der Waals surface area contributed by atoms with Crippen LogP contribution in [-0.2, 0) is 4.79 Å². The molecule has 0 spiro atoms. The van der Waals surface area contributed by atoms with Gasteiger partial charge in [0.15, 0.2) is 0 Å². The summed E-state index contributed by atoms with van der Waals surface area (Å²) in [7, 11) is 0. The van der Waals surface area contributed by atoms with E-state index in [0.717, 1.165) is 29.6 Å². The Morgan fingerprint density at radius 1 is 1.33 bits per heavy atom. The molecule has 1 heterocycles. The monoisotopic (exact) mass is 354 g/mol. The number of nitrogens with two attached hydrogens (primary N) is 1. The van der Waals surface area contributed by atoms with Crippen LogP contribution in [0.1, 0.15) is 33.1 Å². The number of benzene rings is 1. The van der Waals surface area contributed by atoms with Crippen molar-refractivity contribution in [3.63, 3.8) is 0 Å². The Labute approximate surface area is 131 Å². The molecule has 0 bridgehead atoms. The van der Waals surface area contributed by atoms with Crippen molar-refractivity contribution in [3.8, 4) is 0 Å². The number of fused-ring (bicyclic) bond motifs is 1. The molecular weight excluding hydrogens is 331 g/mol. The zero-order valence-electron chi connectivity index (χ0n) is 12.5. The first kappa shape index (κ1) is 16.1. The van der Waals surface area contributed by atoms with Crippen molar-refractivity contribution in [2.24, 2.45) is 17.6 Å². The molecule has 5 nitrogen and oxygen atoms in total. The molecule has 0 saturated carbocycles. The number of amides is 1. The summed E-state index contributed by atoms with van der Waals surface area (Å²) in [5.41, 5.74) is 8.13. The molecule has 0 aliphatic carbocycles. The van der Waals surface area contributed by atoms with Gasteiger partial charge in [-0.3, -0.25) is 0 Å². The van der Waals surface area contributed by atoms with Crippen LogP contribution < -0.4 is 11.1 Å². The summed E-state index contributed by atoms with van der Waals surface area (Å²) in [6, 6.07) is 5.72. The van der Waals surface area contributed by atoms with Crippen molar-refractivity contribution in [2.45, 2.75) is 33.1 Å². The number of aromatic nitrogens is 2. The standard InChI is InChI=1S/C15H22N4OSe/c1-10(2)11(8-9-16)6-7-14(20)17-12-4-3-5-13-15(12)19-21-18-13/h3-5,10-11H,6-9,16H2,1-2H3,(H,17,20). The van der Waals surface area contributed by atoms with E-state index < -0.39 is 0 Å². The predicted octanol–water partition coefficient (Wildman–Crippen LogP) is 2.03. The van der Waals surface area contributed by atoms with Crippen LogP contribution in [-0.4, -0.2) is 35.4 Å². The average molecular weight is 353 g/mol. The van der Waals surface area contributed by atoms with E-state index in [1.54, 1.807) is 0 Å². The summed E-state index contributed by atoms with van der Waals surface area (Å²) in [4.78, 5) is 12.1. The number of hydrogen-bond donors (Lipinski definition) is 2. The molecule has 0 aliphatic rings. The molecule has 2 aromatic rings. The van der Waals surface area contributed by atoms with Crippen LogP contribution in [0.25, 0.3) is 11.0 Å². The number of carbonyl (C=O) groups excluding carboxylic acids is 1. The molecule has 2 rings (SSSR count). The second kappa shape index (κ2) is 7.69. The van der Waals surface area contributed by atoms with Crippen molar-refractivity contribution < 1.29 is 4.79 Å². The van der Waals surface area contributed by atoms with Crippen molar-refractivity contribution in [1.82, 2.24) is 7.96 Å². The number of rotatable bonds is 7. The van der Waals surface area contributed by atoms with Crippen molar-refractivity contribution in [3.05, 3.63) is 18.2 Å². The molecule has 1 aromatic carbocycles. The van der Waals surface area contributed by atoms with E-state index in [2.05, 4.69) is 27.1 Å². The maximum atomic E-state index is 12.1. The predicted molar refractivity (Wildman–Crippen MR) is 86.3 cm³/mol. The summed E-state index contributed by atoms with van der Waals surface area (Å²) < 4.78 is 8.69. The first-order chi connectivity index (χ1) is 10.1. The first-order valence-electron chi connectivity index (χ1n) is 7.33. The fraction of sp³-hybridized carbons (Fsp3) is 0.533. The molecule has 6 heteroatoms. The van der Waals surface area contributed by atoms with E-state index >= 15 is 0 Å². The Morgan fingerprint density at radius 3 is 2.86 bits per heavy atom. The molecule has 1 aromatic heterocycles. The summed E-state index contributed by atoms with van der Waals surface area (Å²) >= 11 is -0.0764. The third-order valence-corrected chi connectivity index (χ3v) is 4.92. The summed E-state index contributed by atoms with van der Waals surface area (Å²) in [5.74, 6) is 1.10. The van der Waals surface area contributed by atoms with Crippen molar-refractivity contribution >= 4 is 37.6 Å². The molecule has 0 saturated heterocycles. The topological polar surface area (TPSA) is 80.9 Å². The second-order valence-electron chi connectivity index (χ2n) is 5.61. The molecule has 0 fully saturated rings. The van der Waals surface area contributed by atoms with Gasteiger partial charge in [-0.05, 0) is 0 Å². The minimum atomic E-state index is -0.0764. The number of hydrogen-bond acceptors (Lipinski definition) is 4. The van der Waals surface area contributed by atoms with Gasteiger partial charge in [0.05, 0.1) is 0 Å². The van der Waals surface area contributed by atoms with Crippen LogP contribution in [0.5, 0.6) is 0 Å². The third kappa shape index (κ3) is 4.37. The summed E-state index contributed by atoms with van der Waals surface area (Å²) in [5, 5.41) is 2.96. The molecule has 1 amide bonds. The van der Waals surface area contributed by atoms with Gasteiger partial charge in [0.2, 0.25) is 0 Å². The van der Waals surface area contributed by atoms with E-state index in [4.69, 9.17) is 5.73 Å². The van der Waals surface area contributed by atoms with Crippen LogP contribution in [0.4, 0.5) is 5.69 Å². The van der Waals surface area contributed by atoms with E-state index in [9.17, 15) is 4.79 Å². The van der Waals surface area contributed by atoms with E-state index in [1.807, 2.05) is 18.2 Å². The van der Waals surface area contributed by atoms with Gasteiger partial charge in [0.25, 0.3) is 0 Å². The normalized spacial score (nSPS) is 12.8. The third-order valence-electron chi connectivity index (χ3n) is 3.78. The maximum absolute atomic E-state index is 12.1. The van der Waals surface area contributed by atoms with Crippen LogP contribution in [0, 0.1) is 11.8 Å². The van der Waals surface area contributed by atoms with Gasteiger partial charge >= 0.3 is 131 Å². The number of nitrogens with zero attached hydrogens (tertiary/aromatic N) is 2.